The lowest BCUT2D eigenvalue weighted by molar-refractivity contribution is -0.383. The van der Waals surface area contributed by atoms with E-state index in [1.165, 1.54) is 18.2 Å². The first-order chi connectivity index (χ1) is 9.49. The Hall–Kier alpha value is -2.44. The monoisotopic (exact) mass is 278 g/mol. The Labute approximate surface area is 115 Å². The molecule has 0 heterocycles. The molecule has 0 bridgehead atoms. The van der Waals surface area contributed by atoms with Crippen molar-refractivity contribution in [2.24, 2.45) is 11.8 Å². The smallest absolute Gasteiger partial charge is 0.309 e. The summed E-state index contributed by atoms with van der Waals surface area (Å²) in [4.78, 5) is 33.2. The number of hydrogen-bond donors (Lipinski definition) is 1. The number of rotatable bonds is 5. The fraction of sp³-hybridized carbons (Fsp3) is 0.385. The summed E-state index contributed by atoms with van der Waals surface area (Å²) >= 11 is 0. The quantitative estimate of drug-likeness (QED) is 0.502. The molecular formula is C13H14N2O5. The van der Waals surface area contributed by atoms with Gasteiger partial charge in [-0.25, -0.2) is 0 Å². The predicted octanol–water partition coefficient (Wildman–Crippen LogP) is 1.73. The molecule has 1 N–H and O–H groups in total. The van der Waals surface area contributed by atoms with Gasteiger partial charge in [-0.1, -0.05) is 19.1 Å². The first kappa shape index (κ1) is 14.0. The average Bonchev–Trinajstić information content (AvgIpc) is 3.13. The SMILES string of the molecule is C[C@@H]1C[C@H]1C(=O)OCC(=O)Nc1ccccc1[N+](=O)[O-]. The standard InChI is InChI=1S/C13H14N2O5/c1-8-6-9(8)13(17)20-7-12(16)14-10-4-2-3-5-11(10)15(18)19/h2-5,8-9H,6-7H2,1H3,(H,14,16)/t8-,9-/m1/s1. The number of amides is 1. The van der Waals surface area contributed by atoms with Gasteiger partial charge in [0.05, 0.1) is 10.8 Å². The second kappa shape index (κ2) is 5.68. The van der Waals surface area contributed by atoms with Crippen LogP contribution < -0.4 is 5.32 Å². The molecule has 1 fully saturated rings. The summed E-state index contributed by atoms with van der Waals surface area (Å²) in [6, 6.07) is 5.77. The van der Waals surface area contributed by atoms with Crippen molar-refractivity contribution < 1.29 is 19.2 Å². The van der Waals surface area contributed by atoms with E-state index in [4.69, 9.17) is 4.74 Å². The summed E-state index contributed by atoms with van der Waals surface area (Å²) in [7, 11) is 0. The van der Waals surface area contributed by atoms with Gasteiger partial charge >= 0.3 is 5.97 Å². The normalized spacial score (nSPS) is 20.1. The third kappa shape index (κ3) is 3.31. The molecule has 0 saturated heterocycles. The van der Waals surface area contributed by atoms with E-state index < -0.39 is 23.4 Å². The topological polar surface area (TPSA) is 98.5 Å². The van der Waals surface area contributed by atoms with E-state index in [-0.39, 0.29) is 17.3 Å². The molecule has 0 spiro atoms. The Morgan fingerprint density at radius 2 is 2.10 bits per heavy atom. The summed E-state index contributed by atoms with van der Waals surface area (Å²) in [5.41, 5.74) is -0.124. The Morgan fingerprint density at radius 3 is 2.70 bits per heavy atom. The molecule has 20 heavy (non-hydrogen) atoms. The summed E-state index contributed by atoms with van der Waals surface area (Å²) in [6.45, 7) is 1.49. The second-order valence-electron chi connectivity index (χ2n) is 4.75. The van der Waals surface area contributed by atoms with Crippen molar-refractivity contribution in [1.29, 1.82) is 0 Å². The minimum atomic E-state index is -0.596. The lowest BCUT2D eigenvalue weighted by atomic mass is 10.2. The van der Waals surface area contributed by atoms with Crippen LogP contribution in [-0.4, -0.2) is 23.4 Å². The van der Waals surface area contributed by atoms with E-state index in [0.29, 0.717) is 5.92 Å². The molecule has 1 saturated carbocycles. The maximum atomic E-state index is 11.6. The molecular weight excluding hydrogens is 264 g/mol. The maximum absolute atomic E-state index is 11.6. The molecule has 7 heteroatoms. The largest absolute Gasteiger partial charge is 0.455 e. The lowest BCUT2D eigenvalue weighted by Gasteiger charge is -2.06. The average molecular weight is 278 g/mol. The van der Waals surface area contributed by atoms with E-state index in [9.17, 15) is 19.7 Å². The predicted molar refractivity (Wildman–Crippen MR) is 70.0 cm³/mol. The van der Waals surface area contributed by atoms with Crippen LogP contribution in [0.3, 0.4) is 0 Å². The van der Waals surface area contributed by atoms with Crippen LogP contribution in [0.4, 0.5) is 11.4 Å². The number of nitro groups is 1. The molecule has 1 aliphatic carbocycles. The van der Waals surface area contributed by atoms with E-state index >= 15 is 0 Å². The van der Waals surface area contributed by atoms with Gasteiger partial charge in [-0.15, -0.1) is 0 Å². The molecule has 1 aliphatic rings. The molecule has 0 radical (unpaired) electrons. The van der Waals surface area contributed by atoms with Crippen LogP contribution in [-0.2, 0) is 14.3 Å². The van der Waals surface area contributed by atoms with Crippen LogP contribution in [0.5, 0.6) is 0 Å². The molecule has 0 unspecified atom stereocenters. The first-order valence-electron chi connectivity index (χ1n) is 6.19. The van der Waals surface area contributed by atoms with Crippen LogP contribution in [0.1, 0.15) is 13.3 Å². The molecule has 2 atom stereocenters. The highest BCUT2D eigenvalue weighted by atomic mass is 16.6. The van der Waals surface area contributed by atoms with Crippen LogP contribution in [0.25, 0.3) is 0 Å². The Morgan fingerprint density at radius 1 is 1.45 bits per heavy atom. The Kier molecular flexibility index (Phi) is 3.97. The Bertz CT molecular complexity index is 557. The summed E-state index contributed by atoms with van der Waals surface area (Å²) in [5.74, 6) is -0.800. The number of esters is 1. The van der Waals surface area contributed by atoms with Gasteiger partial charge in [0.15, 0.2) is 6.61 Å². The van der Waals surface area contributed by atoms with Crippen molar-refractivity contribution in [2.45, 2.75) is 13.3 Å². The third-order valence-corrected chi connectivity index (χ3v) is 3.13. The minimum Gasteiger partial charge on any atom is -0.455 e. The highest BCUT2D eigenvalue weighted by Crippen LogP contribution is 2.38. The van der Waals surface area contributed by atoms with E-state index in [1.54, 1.807) is 6.07 Å². The number of benzene rings is 1. The van der Waals surface area contributed by atoms with Gasteiger partial charge in [0, 0.05) is 6.07 Å². The highest BCUT2D eigenvalue weighted by molar-refractivity contribution is 5.95. The van der Waals surface area contributed by atoms with Crippen LogP contribution in [0.2, 0.25) is 0 Å². The fourth-order valence-electron chi connectivity index (χ4n) is 1.82. The number of nitrogens with zero attached hydrogens (tertiary/aromatic N) is 1. The number of carbonyl (C=O) groups is 2. The number of nitro benzene ring substituents is 1. The maximum Gasteiger partial charge on any atom is 0.309 e. The van der Waals surface area contributed by atoms with Gasteiger partial charge in [-0.2, -0.15) is 0 Å². The molecule has 0 aromatic heterocycles. The summed E-state index contributed by atoms with van der Waals surface area (Å²) in [6.07, 6.45) is 0.782. The van der Waals surface area contributed by atoms with Crippen molar-refractivity contribution >= 4 is 23.3 Å². The molecule has 0 aliphatic heterocycles. The van der Waals surface area contributed by atoms with Crippen LogP contribution >= 0.6 is 0 Å². The molecule has 1 amide bonds. The van der Waals surface area contributed by atoms with Crippen LogP contribution in [0.15, 0.2) is 24.3 Å². The third-order valence-electron chi connectivity index (χ3n) is 3.13. The van der Waals surface area contributed by atoms with Crippen molar-refractivity contribution in [3.63, 3.8) is 0 Å². The van der Waals surface area contributed by atoms with Crippen molar-refractivity contribution in [1.82, 2.24) is 0 Å². The molecule has 1 aromatic rings. The zero-order chi connectivity index (χ0) is 14.7. The molecule has 1 aromatic carbocycles. The number of para-hydroxylation sites is 2. The van der Waals surface area contributed by atoms with Crippen molar-refractivity contribution in [2.75, 3.05) is 11.9 Å². The number of carbonyl (C=O) groups excluding carboxylic acids is 2. The second-order valence-corrected chi connectivity index (χ2v) is 4.75. The number of anilines is 1. The van der Waals surface area contributed by atoms with Gasteiger partial charge in [-0.05, 0) is 18.4 Å². The number of ether oxygens (including phenoxy) is 1. The van der Waals surface area contributed by atoms with Gasteiger partial charge < -0.3 is 10.1 Å². The minimum absolute atomic E-state index is 0.0818. The molecule has 7 nitrogen and oxygen atoms in total. The van der Waals surface area contributed by atoms with Crippen molar-refractivity contribution in [3.05, 3.63) is 34.4 Å². The summed E-state index contributed by atoms with van der Waals surface area (Å²) < 4.78 is 4.85. The number of hydrogen-bond acceptors (Lipinski definition) is 5. The zero-order valence-electron chi connectivity index (χ0n) is 10.9. The fourth-order valence-corrected chi connectivity index (χ4v) is 1.82. The van der Waals surface area contributed by atoms with Gasteiger partial charge in [-0.3, -0.25) is 19.7 Å². The van der Waals surface area contributed by atoms with Gasteiger partial charge in [0.1, 0.15) is 5.69 Å². The molecule has 106 valence electrons. The van der Waals surface area contributed by atoms with Gasteiger partial charge in [0.2, 0.25) is 0 Å². The molecule has 2 rings (SSSR count). The van der Waals surface area contributed by atoms with Crippen molar-refractivity contribution in [3.8, 4) is 0 Å². The zero-order valence-corrected chi connectivity index (χ0v) is 10.9. The van der Waals surface area contributed by atoms with Gasteiger partial charge in [0.25, 0.3) is 11.6 Å². The summed E-state index contributed by atoms with van der Waals surface area (Å²) in [5, 5.41) is 13.1. The first-order valence-corrected chi connectivity index (χ1v) is 6.19. The lowest BCUT2D eigenvalue weighted by Crippen LogP contribution is -2.22. The van der Waals surface area contributed by atoms with E-state index in [1.807, 2.05) is 6.92 Å². The van der Waals surface area contributed by atoms with E-state index in [0.717, 1.165) is 6.42 Å². The van der Waals surface area contributed by atoms with E-state index in [2.05, 4.69) is 5.32 Å². The Balaban J connectivity index is 1.88. The van der Waals surface area contributed by atoms with Crippen LogP contribution in [0, 0.1) is 22.0 Å². The number of nitrogens with one attached hydrogen (secondary N) is 1. The highest BCUT2D eigenvalue weighted by Gasteiger charge is 2.40.